The lowest BCUT2D eigenvalue weighted by Gasteiger charge is -1.96. The summed E-state index contributed by atoms with van der Waals surface area (Å²) in [7, 11) is 0. The lowest BCUT2D eigenvalue weighted by molar-refractivity contribution is 0.631. The van der Waals surface area contributed by atoms with Crippen molar-refractivity contribution in [1.29, 1.82) is 0 Å². The minimum Gasteiger partial charge on any atom is -0.241 e. The molecule has 0 fully saturated rings. The Labute approximate surface area is 103 Å². The average molecular weight is 256 g/mol. The summed E-state index contributed by atoms with van der Waals surface area (Å²) in [6, 6.07) is 6.70. The first-order valence-corrected chi connectivity index (χ1v) is 6.34. The number of nitrogens with zero attached hydrogens (tertiary/aromatic N) is 1. The van der Waals surface area contributed by atoms with E-state index in [0.717, 1.165) is 22.0 Å². The van der Waals surface area contributed by atoms with E-state index in [4.69, 9.17) is 11.6 Å². The molecule has 1 aromatic carbocycles. The van der Waals surface area contributed by atoms with Crippen molar-refractivity contribution in [3.63, 3.8) is 0 Å². The van der Waals surface area contributed by atoms with Gasteiger partial charge in [-0.05, 0) is 25.5 Å². The van der Waals surface area contributed by atoms with Crippen molar-refractivity contribution >= 4 is 22.9 Å². The highest BCUT2D eigenvalue weighted by molar-refractivity contribution is 7.15. The van der Waals surface area contributed by atoms with Gasteiger partial charge in [-0.3, -0.25) is 0 Å². The van der Waals surface area contributed by atoms with Crippen LogP contribution in [0.2, 0.25) is 0 Å². The smallest absolute Gasteiger partial charge is 0.133 e. The van der Waals surface area contributed by atoms with E-state index in [1.807, 2.05) is 13.0 Å². The molecule has 0 saturated heterocycles. The number of aromatic nitrogens is 1. The Morgan fingerprint density at radius 3 is 2.81 bits per heavy atom. The van der Waals surface area contributed by atoms with Gasteiger partial charge < -0.3 is 0 Å². The Balaban J connectivity index is 2.42. The third-order valence-electron chi connectivity index (χ3n) is 2.32. The standard InChI is InChI=1S/C12H11ClFNS/c1-8-11(6-7-13)16-12(15-8)9-4-2-3-5-10(9)14/h2-5H,6-7H2,1H3. The van der Waals surface area contributed by atoms with Crippen molar-refractivity contribution in [2.75, 3.05) is 5.88 Å². The van der Waals surface area contributed by atoms with Crippen LogP contribution >= 0.6 is 22.9 Å². The number of thiazole rings is 1. The summed E-state index contributed by atoms with van der Waals surface area (Å²) in [4.78, 5) is 5.51. The van der Waals surface area contributed by atoms with E-state index in [-0.39, 0.29) is 5.82 Å². The number of halogens is 2. The number of hydrogen-bond donors (Lipinski definition) is 0. The minimum atomic E-state index is -0.228. The van der Waals surface area contributed by atoms with Gasteiger partial charge in [-0.25, -0.2) is 9.37 Å². The predicted octanol–water partition coefficient (Wildman–Crippen LogP) is 4.04. The molecular weight excluding hydrogens is 245 g/mol. The highest BCUT2D eigenvalue weighted by Gasteiger charge is 2.11. The van der Waals surface area contributed by atoms with Gasteiger partial charge in [0.25, 0.3) is 0 Å². The second kappa shape index (κ2) is 4.93. The molecular formula is C12H11ClFNS. The highest BCUT2D eigenvalue weighted by atomic mass is 35.5. The van der Waals surface area contributed by atoms with Crippen molar-refractivity contribution in [2.24, 2.45) is 0 Å². The molecule has 1 aromatic heterocycles. The van der Waals surface area contributed by atoms with Gasteiger partial charge >= 0.3 is 0 Å². The van der Waals surface area contributed by atoms with Gasteiger partial charge in [-0.1, -0.05) is 12.1 Å². The molecule has 0 spiro atoms. The largest absolute Gasteiger partial charge is 0.241 e. The monoisotopic (exact) mass is 255 g/mol. The molecule has 0 atom stereocenters. The van der Waals surface area contributed by atoms with E-state index in [1.165, 1.54) is 17.4 Å². The van der Waals surface area contributed by atoms with Gasteiger partial charge in [0.05, 0.1) is 5.69 Å². The fourth-order valence-electron chi connectivity index (χ4n) is 1.50. The van der Waals surface area contributed by atoms with E-state index in [1.54, 1.807) is 12.1 Å². The van der Waals surface area contributed by atoms with Gasteiger partial charge in [0.1, 0.15) is 10.8 Å². The number of alkyl halides is 1. The molecule has 0 aliphatic heterocycles. The van der Waals surface area contributed by atoms with Gasteiger partial charge in [0, 0.05) is 16.3 Å². The van der Waals surface area contributed by atoms with Crippen LogP contribution < -0.4 is 0 Å². The molecule has 0 radical (unpaired) electrons. The Kier molecular flexibility index (Phi) is 3.56. The third kappa shape index (κ3) is 2.25. The molecule has 2 rings (SSSR count). The first-order chi connectivity index (χ1) is 7.72. The van der Waals surface area contributed by atoms with Crippen LogP contribution in [0.4, 0.5) is 4.39 Å². The molecule has 0 bridgehead atoms. The number of rotatable bonds is 3. The fraction of sp³-hybridized carbons (Fsp3) is 0.250. The molecule has 0 N–H and O–H groups in total. The third-order valence-corrected chi connectivity index (χ3v) is 3.76. The van der Waals surface area contributed by atoms with Crippen LogP contribution in [-0.2, 0) is 6.42 Å². The molecule has 16 heavy (non-hydrogen) atoms. The first kappa shape index (κ1) is 11.6. The normalized spacial score (nSPS) is 10.7. The molecule has 4 heteroatoms. The summed E-state index contributed by atoms with van der Waals surface area (Å²) in [5, 5.41) is 0.732. The summed E-state index contributed by atoms with van der Waals surface area (Å²) >= 11 is 7.22. The maximum atomic E-state index is 13.5. The maximum Gasteiger partial charge on any atom is 0.133 e. The summed E-state index contributed by atoms with van der Waals surface area (Å²) < 4.78 is 13.5. The Bertz CT molecular complexity index is 496. The van der Waals surface area contributed by atoms with Crippen molar-refractivity contribution in [3.05, 3.63) is 40.7 Å². The predicted molar refractivity (Wildman–Crippen MR) is 66.7 cm³/mol. The summed E-state index contributed by atoms with van der Waals surface area (Å²) in [6.07, 6.45) is 0.791. The van der Waals surface area contributed by atoms with E-state index in [9.17, 15) is 4.39 Å². The summed E-state index contributed by atoms with van der Waals surface area (Å²) in [5.74, 6) is 0.341. The average Bonchev–Trinajstić information content (AvgIpc) is 2.61. The van der Waals surface area contributed by atoms with E-state index < -0.39 is 0 Å². The number of benzene rings is 1. The van der Waals surface area contributed by atoms with Crippen molar-refractivity contribution in [1.82, 2.24) is 4.98 Å². The second-order valence-electron chi connectivity index (χ2n) is 3.45. The molecule has 0 saturated carbocycles. The van der Waals surface area contributed by atoms with E-state index in [2.05, 4.69) is 4.98 Å². The molecule has 84 valence electrons. The zero-order valence-corrected chi connectivity index (χ0v) is 10.4. The molecule has 0 unspecified atom stereocenters. The van der Waals surface area contributed by atoms with Crippen LogP contribution in [0.25, 0.3) is 10.6 Å². The molecule has 1 nitrogen and oxygen atoms in total. The Morgan fingerprint density at radius 1 is 1.38 bits per heavy atom. The highest BCUT2D eigenvalue weighted by Crippen LogP contribution is 2.29. The number of hydrogen-bond acceptors (Lipinski definition) is 2. The van der Waals surface area contributed by atoms with Gasteiger partial charge in [0.2, 0.25) is 0 Å². The second-order valence-corrected chi connectivity index (χ2v) is 4.91. The van der Waals surface area contributed by atoms with Gasteiger partial charge in [-0.15, -0.1) is 22.9 Å². The Morgan fingerprint density at radius 2 is 2.12 bits per heavy atom. The minimum absolute atomic E-state index is 0.228. The van der Waals surface area contributed by atoms with Gasteiger partial charge in [0.15, 0.2) is 0 Å². The lowest BCUT2D eigenvalue weighted by atomic mass is 10.2. The van der Waals surface area contributed by atoms with Crippen LogP contribution in [0.15, 0.2) is 24.3 Å². The van der Waals surface area contributed by atoms with Gasteiger partial charge in [-0.2, -0.15) is 0 Å². The van der Waals surface area contributed by atoms with E-state index >= 15 is 0 Å². The van der Waals surface area contributed by atoms with Crippen molar-refractivity contribution in [3.8, 4) is 10.6 Å². The van der Waals surface area contributed by atoms with Crippen LogP contribution in [0, 0.1) is 12.7 Å². The summed E-state index contributed by atoms with van der Waals surface area (Å²) in [6.45, 7) is 1.93. The molecule has 2 aromatic rings. The zero-order valence-electron chi connectivity index (χ0n) is 8.84. The van der Waals surface area contributed by atoms with Crippen molar-refractivity contribution < 1.29 is 4.39 Å². The molecule has 0 aliphatic rings. The molecule has 0 aliphatic carbocycles. The fourth-order valence-corrected chi connectivity index (χ4v) is 2.89. The maximum absolute atomic E-state index is 13.5. The van der Waals surface area contributed by atoms with Crippen LogP contribution in [0.3, 0.4) is 0 Å². The van der Waals surface area contributed by atoms with E-state index in [0.29, 0.717) is 11.4 Å². The van der Waals surface area contributed by atoms with Crippen LogP contribution in [-0.4, -0.2) is 10.9 Å². The van der Waals surface area contributed by atoms with Crippen LogP contribution in [0.5, 0.6) is 0 Å². The SMILES string of the molecule is Cc1nc(-c2ccccc2F)sc1CCCl. The summed E-state index contributed by atoms with van der Waals surface area (Å²) in [5.41, 5.74) is 1.51. The topological polar surface area (TPSA) is 12.9 Å². The quantitative estimate of drug-likeness (QED) is 0.755. The van der Waals surface area contributed by atoms with Crippen LogP contribution in [0.1, 0.15) is 10.6 Å². The lowest BCUT2D eigenvalue weighted by Crippen LogP contribution is -1.84. The molecule has 1 heterocycles. The first-order valence-electron chi connectivity index (χ1n) is 4.99. The Hall–Kier alpha value is -0.930. The zero-order chi connectivity index (χ0) is 11.5. The molecule has 0 amide bonds. The number of aryl methyl sites for hydroxylation is 2. The van der Waals surface area contributed by atoms with Crippen molar-refractivity contribution in [2.45, 2.75) is 13.3 Å².